The lowest BCUT2D eigenvalue weighted by Crippen LogP contribution is -2.24. The molecule has 3 nitrogen and oxygen atoms in total. The zero-order valence-electron chi connectivity index (χ0n) is 19.7. The average Bonchev–Trinajstić information content (AvgIpc) is 2.79. The van der Waals surface area contributed by atoms with Crippen molar-refractivity contribution in [3.63, 3.8) is 0 Å². The monoisotopic (exact) mass is 426 g/mol. The van der Waals surface area contributed by atoms with Crippen molar-refractivity contribution in [3.8, 4) is 11.5 Å². The highest BCUT2D eigenvalue weighted by molar-refractivity contribution is 5.75. The van der Waals surface area contributed by atoms with E-state index in [1.165, 1.54) is 51.4 Å². The number of allylic oxidation sites excluding steroid dienone is 1. The van der Waals surface area contributed by atoms with Crippen LogP contribution in [-0.2, 0) is 4.79 Å². The molecule has 0 amide bonds. The van der Waals surface area contributed by atoms with Crippen molar-refractivity contribution in [1.82, 2.24) is 0 Å². The standard InChI is InChI=1S/C28H42O3/c1-3-4-5-7-23-11-13-24(14-12-23)8-6-21-30-26-17-19-27(20-18-26)31-28(29)25-15-9-22(2)10-16-25/h6,8,17-20,22-25H,3-5,7,9-16,21H2,1-2H3/b8-6+. The zero-order valence-corrected chi connectivity index (χ0v) is 19.7. The van der Waals surface area contributed by atoms with Crippen molar-refractivity contribution in [2.45, 2.75) is 90.9 Å². The SMILES string of the molecule is CCCCCC1CCC(/C=C/COc2ccc(OC(=O)C3CCC(C)CC3)cc2)CC1. The van der Waals surface area contributed by atoms with Gasteiger partial charge < -0.3 is 9.47 Å². The van der Waals surface area contributed by atoms with Gasteiger partial charge in [0.15, 0.2) is 0 Å². The van der Waals surface area contributed by atoms with E-state index in [0.29, 0.717) is 12.4 Å². The largest absolute Gasteiger partial charge is 0.490 e. The molecule has 0 unspecified atom stereocenters. The summed E-state index contributed by atoms with van der Waals surface area (Å²) in [5.74, 6) is 3.82. The van der Waals surface area contributed by atoms with Crippen molar-refractivity contribution in [2.75, 3.05) is 6.61 Å². The molecule has 2 aliphatic carbocycles. The number of hydrogen-bond donors (Lipinski definition) is 0. The molecule has 0 aromatic heterocycles. The molecule has 2 saturated carbocycles. The Morgan fingerprint density at radius 1 is 0.935 bits per heavy atom. The van der Waals surface area contributed by atoms with Crippen LogP contribution in [0.25, 0.3) is 0 Å². The van der Waals surface area contributed by atoms with Gasteiger partial charge in [-0.15, -0.1) is 0 Å². The molecule has 0 heterocycles. The number of hydrogen-bond acceptors (Lipinski definition) is 3. The van der Waals surface area contributed by atoms with Crippen molar-refractivity contribution in [3.05, 3.63) is 36.4 Å². The molecule has 0 N–H and O–H groups in total. The molecule has 1 aromatic carbocycles. The van der Waals surface area contributed by atoms with Crippen molar-refractivity contribution in [2.24, 2.45) is 23.7 Å². The van der Waals surface area contributed by atoms with Crippen molar-refractivity contribution < 1.29 is 14.3 Å². The van der Waals surface area contributed by atoms with E-state index in [2.05, 4.69) is 26.0 Å². The summed E-state index contributed by atoms with van der Waals surface area (Å²) in [6.07, 6.45) is 19.7. The van der Waals surface area contributed by atoms with Crippen LogP contribution in [0.4, 0.5) is 0 Å². The minimum atomic E-state index is -0.0800. The van der Waals surface area contributed by atoms with Gasteiger partial charge in [-0.25, -0.2) is 0 Å². The number of carbonyl (C=O) groups is 1. The maximum absolute atomic E-state index is 12.3. The molecule has 0 radical (unpaired) electrons. The van der Waals surface area contributed by atoms with Crippen LogP contribution in [0, 0.1) is 23.7 Å². The van der Waals surface area contributed by atoms with Crippen LogP contribution < -0.4 is 9.47 Å². The van der Waals surface area contributed by atoms with Crippen molar-refractivity contribution in [1.29, 1.82) is 0 Å². The molecular formula is C28H42O3. The molecule has 3 heteroatoms. The zero-order chi connectivity index (χ0) is 21.9. The molecule has 2 fully saturated rings. The van der Waals surface area contributed by atoms with Crippen LogP contribution in [0.3, 0.4) is 0 Å². The summed E-state index contributed by atoms with van der Waals surface area (Å²) in [4.78, 5) is 12.3. The van der Waals surface area contributed by atoms with Crippen molar-refractivity contribution >= 4 is 5.97 Å². The highest BCUT2D eigenvalue weighted by atomic mass is 16.5. The Morgan fingerprint density at radius 2 is 1.61 bits per heavy atom. The third-order valence-electron chi connectivity index (χ3n) is 7.25. The van der Waals surface area contributed by atoms with E-state index in [1.54, 1.807) is 0 Å². The smallest absolute Gasteiger partial charge is 0.314 e. The van der Waals surface area contributed by atoms with Gasteiger partial charge in [-0.05, 0) is 93.4 Å². The average molecular weight is 427 g/mol. The lowest BCUT2D eigenvalue weighted by molar-refractivity contribution is -0.140. The molecule has 0 bridgehead atoms. The lowest BCUT2D eigenvalue weighted by atomic mass is 9.79. The van der Waals surface area contributed by atoms with Gasteiger partial charge in [-0.3, -0.25) is 4.79 Å². The van der Waals surface area contributed by atoms with Gasteiger partial charge in [0.1, 0.15) is 18.1 Å². The number of unbranched alkanes of at least 4 members (excludes halogenated alkanes) is 2. The first kappa shape index (κ1) is 23.9. The quantitative estimate of drug-likeness (QED) is 0.166. The third kappa shape index (κ3) is 8.35. The second kappa shape index (κ2) is 12.9. The highest BCUT2D eigenvalue weighted by Crippen LogP contribution is 2.33. The first-order valence-corrected chi connectivity index (χ1v) is 12.7. The Kier molecular flexibility index (Phi) is 9.96. The Morgan fingerprint density at radius 3 is 2.29 bits per heavy atom. The topological polar surface area (TPSA) is 35.5 Å². The number of benzene rings is 1. The molecule has 3 rings (SSSR count). The second-order valence-electron chi connectivity index (χ2n) is 9.87. The van der Waals surface area contributed by atoms with E-state index in [9.17, 15) is 4.79 Å². The van der Waals surface area contributed by atoms with Gasteiger partial charge in [0.05, 0.1) is 5.92 Å². The molecule has 0 aliphatic heterocycles. The van der Waals surface area contributed by atoms with E-state index >= 15 is 0 Å². The first-order chi connectivity index (χ1) is 15.1. The Bertz CT molecular complexity index is 662. The molecule has 31 heavy (non-hydrogen) atoms. The number of esters is 1. The van der Waals surface area contributed by atoms with E-state index in [1.807, 2.05) is 24.3 Å². The predicted molar refractivity (Wildman–Crippen MR) is 127 cm³/mol. The van der Waals surface area contributed by atoms with E-state index in [0.717, 1.165) is 49.2 Å². The first-order valence-electron chi connectivity index (χ1n) is 12.7. The van der Waals surface area contributed by atoms with Gasteiger partial charge in [0.25, 0.3) is 0 Å². The summed E-state index contributed by atoms with van der Waals surface area (Å²) in [7, 11) is 0. The normalized spacial score (nSPS) is 26.6. The molecule has 2 aliphatic rings. The summed E-state index contributed by atoms with van der Waals surface area (Å²) >= 11 is 0. The Labute approximate surface area is 189 Å². The van der Waals surface area contributed by atoms with Crippen LogP contribution >= 0.6 is 0 Å². The summed E-state index contributed by atoms with van der Waals surface area (Å²) in [5, 5.41) is 0. The summed E-state index contributed by atoms with van der Waals surface area (Å²) < 4.78 is 11.4. The fourth-order valence-electron chi connectivity index (χ4n) is 5.04. The molecule has 0 spiro atoms. The molecule has 1 aromatic rings. The van der Waals surface area contributed by atoms with Gasteiger partial charge in [0.2, 0.25) is 0 Å². The maximum atomic E-state index is 12.3. The number of ether oxygens (including phenoxy) is 2. The van der Waals surface area contributed by atoms with Crippen LogP contribution in [-0.4, -0.2) is 12.6 Å². The predicted octanol–water partition coefficient (Wildman–Crippen LogP) is 7.74. The van der Waals surface area contributed by atoms with Gasteiger partial charge >= 0.3 is 5.97 Å². The molecule has 0 atom stereocenters. The lowest BCUT2D eigenvalue weighted by Gasteiger charge is -2.26. The minimum Gasteiger partial charge on any atom is -0.490 e. The Balaban J connectivity index is 1.32. The summed E-state index contributed by atoms with van der Waals surface area (Å²) in [6.45, 7) is 5.14. The third-order valence-corrected chi connectivity index (χ3v) is 7.25. The minimum absolute atomic E-state index is 0.0590. The van der Waals surface area contributed by atoms with E-state index in [-0.39, 0.29) is 11.9 Å². The Hall–Kier alpha value is -1.77. The van der Waals surface area contributed by atoms with Gasteiger partial charge in [0, 0.05) is 0 Å². The van der Waals surface area contributed by atoms with E-state index in [4.69, 9.17) is 9.47 Å². The fraction of sp³-hybridized carbons (Fsp3) is 0.679. The number of rotatable bonds is 10. The van der Waals surface area contributed by atoms with E-state index < -0.39 is 0 Å². The number of carbonyl (C=O) groups excluding carboxylic acids is 1. The second-order valence-corrected chi connectivity index (χ2v) is 9.87. The summed E-state index contributed by atoms with van der Waals surface area (Å²) in [5.41, 5.74) is 0. The molecular weight excluding hydrogens is 384 g/mol. The molecule has 0 saturated heterocycles. The van der Waals surface area contributed by atoms with Crippen LogP contribution in [0.5, 0.6) is 11.5 Å². The van der Waals surface area contributed by atoms with Crippen LogP contribution in [0.2, 0.25) is 0 Å². The van der Waals surface area contributed by atoms with Gasteiger partial charge in [-0.1, -0.05) is 51.7 Å². The summed E-state index contributed by atoms with van der Waals surface area (Å²) in [6, 6.07) is 7.45. The fourth-order valence-corrected chi connectivity index (χ4v) is 5.04. The van der Waals surface area contributed by atoms with Gasteiger partial charge in [-0.2, -0.15) is 0 Å². The molecule has 172 valence electrons. The van der Waals surface area contributed by atoms with Crippen LogP contribution in [0.1, 0.15) is 90.9 Å². The van der Waals surface area contributed by atoms with Crippen LogP contribution in [0.15, 0.2) is 36.4 Å². The highest BCUT2D eigenvalue weighted by Gasteiger charge is 2.26. The maximum Gasteiger partial charge on any atom is 0.314 e.